The number of H-pyrrole nitrogens is 1. The molecular formula is C22H33Cl2N3O2. The summed E-state index contributed by atoms with van der Waals surface area (Å²) in [5, 5.41) is 0. The molecule has 0 amide bonds. The number of nitrogens with zero attached hydrogens (tertiary/aromatic N) is 2. The summed E-state index contributed by atoms with van der Waals surface area (Å²) in [4.78, 5) is 18.3. The summed E-state index contributed by atoms with van der Waals surface area (Å²) < 4.78 is 7.80. The van der Waals surface area contributed by atoms with Gasteiger partial charge in [-0.2, -0.15) is 0 Å². The molecule has 1 aromatic carbocycles. The number of ether oxygens (including phenoxy) is 1. The Hall–Kier alpha value is -1.01. The van der Waals surface area contributed by atoms with E-state index in [9.17, 15) is 4.79 Å². The van der Waals surface area contributed by atoms with Gasteiger partial charge in [0, 0.05) is 24.7 Å². The number of aryl methyl sites for hydroxylation is 1. The number of aromatic amines is 1. The topological polar surface area (TPSA) is 50.3 Å². The lowest BCUT2D eigenvalue weighted by atomic mass is 9.79. The second-order valence-electron chi connectivity index (χ2n) is 8.91. The molecule has 2 heterocycles. The highest BCUT2D eigenvalue weighted by molar-refractivity contribution is 6.19. The maximum Gasteiger partial charge on any atom is 0.326 e. The standard InChI is InChI=1S/C22H32ClN3O2.ClH/c1-15-4-5-19-20(14-15)26(21(27)24-19)17-8-12-25(13-9-17)22(3)10-6-18(7-11-22)28-16(2)23;/h4-5,14,16-18H,6-13H2,1-3H3,(H,24,27);1H. The molecule has 0 radical (unpaired) electrons. The molecule has 1 aliphatic carbocycles. The fraction of sp³-hybridized carbons (Fsp3) is 0.682. The number of fused-ring (bicyclic) bond motifs is 1. The first-order chi connectivity index (χ1) is 13.4. The number of rotatable bonds is 4. The predicted octanol–water partition coefficient (Wildman–Crippen LogP) is 5.00. The van der Waals surface area contributed by atoms with E-state index in [1.807, 2.05) is 17.6 Å². The molecule has 162 valence electrons. The monoisotopic (exact) mass is 441 g/mol. The summed E-state index contributed by atoms with van der Waals surface area (Å²) in [6.45, 7) is 8.46. The van der Waals surface area contributed by atoms with E-state index >= 15 is 0 Å². The number of nitrogens with one attached hydrogen (secondary N) is 1. The molecule has 0 spiro atoms. The van der Waals surface area contributed by atoms with Gasteiger partial charge in [-0.05, 0) is 77.0 Å². The van der Waals surface area contributed by atoms with E-state index in [2.05, 4.69) is 35.9 Å². The zero-order chi connectivity index (χ0) is 19.9. The van der Waals surface area contributed by atoms with Crippen molar-refractivity contribution in [1.29, 1.82) is 0 Å². The second kappa shape index (κ2) is 9.01. The first kappa shape index (κ1) is 22.7. The number of halogens is 2. The Balaban J connectivity index is 0.00000240. The molecular weight excluding hydrogens is 409 g/mol. The minimum atomic E-state index is -0.205. The minimum Gasteiger partial charge on any atom is -0.360 e. The molecule has 7 heteroatoms. The molecule has 2 aliphatic rings. The Morgan fingerprint density at radius 1 is 1.21 bits per heavy atom. The lowest BCUT2D eigenvalue weighted by molar-refractivity contribution is -0.0367. The molecule has 5 nitrogen and oxygen atoms in total. The quantitative estimate of drug-likeness (QED) is 0.678. The van der Waals surface area contributed by atoms with Gasteiger partial charge in [0.15, 0.2) is 0 Å². The third-order valence-corrected chi connectivity index (χ3v) is 6.96. The van der Waals surface area contributed by atoms with Crippen LogP contribution in [-0.4, -0.2) is 44.7 Å². The molecule has 1 unspecified atom stereocenters. The number of hydrogen-bond donors (Lipinski definition) is 1. The van der Waals surface area contributed by atoms with Crippen LogP contribution in [0.5, 0.6) is 0 Å². The van der Waals surface area contributed by atoms with Gasteiger partial charge >= 0.3 is 5.69 Å². The van der Waals surface area contributed by atoms with Crippen molar-refractivity contribution in [3.8, 4) is 0 Å². The number of hydrogen-bond acceptors (Lipinski definition) is 3. The van der Waals surface area contributed by atoms with Crippen LogP contribution in [-0.2, 0) is 4.74 Å². The molecule has 1 saturated heterocycles. The number of benzene rings is 1. The Bertz CT molecular complexity index is 876. The van der Waals surface area contributed by atoms with E-state index in [0.717, 1.165) is 62.6 Å². The van der Waals surface area contributed by atoms with Crippen LogP contribution in [0.4, 0.5) is 0 Å². The first-order valence-electron chi connectivity index (χ1n) is 10.6. The molecule has 29 heavy (non-hydrogen) atoms. The van der Waals surface area contributed by atoms with Gasteiger partial charge in [0.2, 0.25) is 0 Å². The third kappa shape index (κ3) is 4.68. The van der Waals surface area contributed by atoms with Crippen LogP contribution in [0.25, 0.3) is 11.0 Å². The fourth-order valence-electron chi connectivity index (χ4n) is 5.19. The van der Waals surface area contributed by atoms with Gasteiger partial charge in [0.25, 0.3) is 0 Å². The first-order valence-corrected chi connectivity index (χ1v) is 11.0. The predicted molar refractivity (Wildman–Crippen MR) is 121 cm³/mol. The molecule has 1 N–H and O–H groups in total. The van der Waals surface area contributed by atoms with E-state index in [0.29, 0.717) is 6.10 Å². The molecule has 0 bridgehead atoms. The molecule has 4 rings (SSSR count). The highest BCUT2D eigenvalue weighted by atomic mass is 35.5. The van der Waals surface area contributed by atoms with Crippen molar-refractivity contribution in [2.24, 2.45) is 0 Å². The Morgan fingerprint density at radius 3 is 2.48 bits per heavy atom. The summed E-state index contributed by atoms with van der Waals surface area (Å²) in [5.74, 6) is 0. The summed E-state index contributed by atoms with van der Waals surface area (Å²) in [6.07, 6.45) is 6.80. The molecule has 1 aliphatic heterocycles. The van der Waals surface area contributed by atoms with E-state index < -0.39 is 0 Å². The number of likely N-dealkylation sites (tertiary alicyclic amines) is 1. The van der Waals surface area contributed by atoms with Gasteiger partial charge < -0.3 is 9.72 Å². The third-order valence-electron chi connectivity index (χ3n) is 6.86. The van der Waals surface area contributed by atoms with Crippen LogP contribution in [0, 0.1) is 6.92 Å². The normalized spacial score (nSPS) is 27.7. The average Bonchev–Trinajstić information content (AvgIpc) is 2.98. The zero-order valence-electron chi connectivity index (χ0n) is 17.6. The smallest absolute Gasteiger partial charge is 0.326 e. The van der Waals surface area contributed by atoms with Gasteiger partial charge in [-0.25, -0.2) is 4.79 Å². The maximum absolute atomic E-state index is 12.6. The van der Waals surface area contributed by atoms with E-state index in [1.54, 1.807) is 0 Å². The van der Waals surface area contributed by atoms with Gasteiger partial charge in [-0.1, -0.05) is 17.7 Å². The summed E-state index contributed by atoms with van der Waals surface area (Å²) >= 11 is 6.00. The fourth-order valence-corrected chi connectivity index (χ4v) is 5.33. The van der Waals surface area contributed by atoms with Crippen molar-refractivity contribution in [2.45, 2.75) is 82.5 Å². The average molecular weight is 442 g/mol. The highest BCUT2D eigenvalue weighted by Gasteiger charge is 2.39. The van der Waals surface area contributed by atoms with E-state index in [1.165, 1.54) is 5.56 Å². The number of aromatic nitrogens is 2. The van der Waals surface area contributed by atoms with E-state index in [-0.39, 0.29) is 35.2 Å². The van der Waals surface area contributed by atoms with Crippen LogP contribution >= 0.6 is 24.0 Å². The second-order valence-corrected chi connectivity index (χ2v) is 9.53. The lowest BCUT2D eigenvalue weighted by Crippen LogP contribution is -2.53. The Labute approximate surface area is 184 Å². The van der Waals surface area contributed by atoms with Crippen molar-refractivity contribution in [3.05, 3.63) is 34.2 Å². The van der Waals surface area contributed by atoms with Crippen molar-refractivity contribution < 1.29 is 4.74 Å². The lowest BCUT2D eigenvalue weighted by Gasteiger charge is -2.48. The van der Waals surface area contributed by atoms with E-state index in [4.69, 9.17) is 16.3 Å². The number of alkyl halides is 1. The molecule has 2 aromatic rings. The minimum absolute atomic E-state index is 0. The molecule has 1 saturated carbocycles. The van der Waals surface area contributed by atoms with Gasteiger partial charge in [0.05, 0.1) is 17.1 Å². The van der Waals surface area contributed by atoms with Gasteiger partial charge in [-0.3, -0.25) is 9.47 Å². The van der Waals surface area contributed by atoms with Gasteiger partial charge in [-0.15, -0.1) is 12.4 Å². The van der Waals surface area contributed by atoms with Gasteiger partial charge in [0.1, 0.15) is 5.56 Å². The largest absolute Gasteiger partial charge is 0.360 e. The highest BCUT2D eigenvalue weighted by Crippen LogP contribution is 2.38. The van der Waals surface area contributed by atoms with Crippen LogP contribution in [0.2, 0.25) is 0 Å². The van der Waals surface area contributed by atoms with Crippen molar-refractivity contribution >= 4 is 35.0 Å². The van der Waals surface area contributed by atoms with Crippen LogP contribution < -0.4 is 5.69 Å². The Kier molecular flexibility index (Phi) is 7.04. The van der Waals surface area contributed by atoms with Crippen LogP contribution in [0.3, 0.4) is 0 Å². The summed E-state index contributed by atoms with van der Waals surface area (Å²) in [7, 11) is 0. The van der Waals surface area contributed by atoms with Crippen molar-refractivity contribution in [3.63, 3.8) is 0 Å². The zero-order valence-corrected chi connectivity index (χ0v) is 19.2. The Morgan fingerprint density at radius 2 is 1.86 bits per heavy atom. The number of piperidine rings is 1. The maximum atomic E-state index is 12.6. The summed E-state index contributed by atoms with van der Waals surface area (Å²) in [5.41, 5.74) is 3.23. The van der Waals surface area contributed by atoms with Crippen LogP contribution in [0.1, 0.15) is 64.0 Å². The molecule has 2 fully saturated rings. The molecule has 1 atom stereocenters. The van der Waals surface area contributed by atoms with Crippen LogP contribution in [0.15, 0.2) is 23.0 Å². The van der Waals surface area contributed by atoms with Crippen molar-refractivity contribution in [1.82, 2.24) is 14.5 Å². The SMILES string of the molecule is Cc1ccc2[nH]c(=O)n(C3CCN(C4(C)CCC(OC(C)Cl)CC4)CC3)c2c1.Cl. The summed E-state index contributed by atoms with van der Waals surface area (Å²) in [6, 6.07) is 6.47. The van der Waals surface area contributed by atoms with Crippen molar-refractivity contribution in [2.75, 3.05) is 13.1 Å². The number of imidazole rings is 1. The molecule has 1 aromatic heterocycles.